The lowest BCUT2D eigenvalue weighted by Crippen LogP contribution is -2.43. The van der Waals surface area contributed by atoms with Gasteiger partial charge in [-0.25, -0.2) is 4.79 Å². The van der Waals surface area contributed by atoms with Crippen molar-refractivity contribution in [3.05, 3.63) is 102 Å². The number of anilines is 1. The Bertz CT molecular complexity index is 940. The molecule has 1 aliphatic rings. The Hall–Kier alpha value is -3.40. The van der Waals surface area contributed by atoms with E-state index in [9.17, 15) is 4.79 Å². The number of carbonyl (C=O) groups is 1. The average molecular weight is 370 g/mol. The summed E-state index contributed by atoms with van der Waals surface area (Å²) >= 11 is 0. The number of rotatable bonds is 5. The van der Waals surface area contributed by atoms with E-state index in [0.29, 0.717) is 6.42 Å². The highest BCUT2D eigenvalue weighted by atomic mass is 16.5. The summed E-state index contributed by atoms with van der Waals surface area (Å²) in [6.07, 6.45) is 1.40. The number of hydrogen-bond donors (Lipinski definition) is 0. The molecule has 0 N–H and O–H groups in total. The third-order valence-corrected chi connectivity index (χ3v) is 4.80. The highest BCUT2D eigenvalue weighted by Crippen LogP contribution is 2.26. The summed E-state index contributed by atoms with van der Waals surface area (Å²) in [6, 6.07) is 29.2. The molecule has 1 unspecified atom stereocenters. The van der Waals surface area contributed by atoms with E-state index in [1.165, 1.54) is 0 Å². The summed E-state index contributed by atoms with van der Waals surface area (Å²) < 4.78 is 5.61. The van der Waals surface area contributed by atoms with Crippen LogP contribution in [0.4, 0.5) is 5.69 Å². The van der Waals surface area contributed by atoms with E-state index in [0.717, 1.165) is 28.9 Å². The number of para-hydroxylation sites is 1. The topological polar surface area (TPSA) is 41.9 Å². The number of hydrogen-bond acceptors (Lipinski definition) is 4. The summed E-state index contributed by atoms with van der Waals surface area (Å²) in [7, 11) is 0. The number of nitrogens with zero attached hydrogens (tertiary/aromatic N) is 2. The second kappa shape index (κ2) is 8.53. The molecular weight excluding hydrogens is 348 g/mol. The molecule has 0 saturated carbocycles. The smallest absolute Gasteiger partial charge is 0.331 e. The van der Waals surface area contributed by atoms with Gasteiger partial charge >= 0.3 is 5.97 Å². The molecule has 0 bridgehead atoms. The van der Waals surface area contributed by atoms with Gasteiger partial charge in [-0.15, -0.1) is 0 Å². The molecule has 1 heterocycles. The van der Waals surface area contributed by atoms with Crippen LogP contribution in [-0.2, 0) is 16.1 Å². The fraction of sp³-hybridized carbons (Fsp3) is 0.167. The lowest BCUT2D eigenvalue weighted by Gasteiger charge is -2.32. The van der Waals surface area contributed by atoms with Gasteiger partial charge in [0, 0.05) is 0 Å². The molecule has 4 rings (SSSR count). The Kier molecular flexibility index (Phi) is 5.48. The van der Waals surface area contributed by atoms with Crippen molar-refractivity contribution in [1.82, 2.24) is 0 Å². The molecule has 0 radical (unpaired) electrons. The zero-order chi connectivity index (χ0) is 19.2. The molecule has 140 valence electrons. The summed E-state index contributed by atoms with van der Waals surface area (Å²) in [5.41, 5.74) is 3.93. The minimum absolute atomic E-state index is 0.247. The van der Waals surface area contributed by atoms with Crippen LogP contribution in [0.15, 0.2) is 96.1 Å². The first-order chi connectivity index (χ1) is 13.8. The molecule has 4 heteroatoms. The van der Waals surface area contributed by atoms with E-state index in [1.807, 2.05) is 78.9 Å². The van der Waals surface area contributed by atoms with Crippen molar-refractivity contribution in [3.8, 4) is 0 Å². The molecule has 1 aliphatic heterocycles. The van der Waals surface area contributed by atoms with Crippen molar-refractivity contribution in [2.75, 3.05) is 5.01 Å². The van der Waals surface area contributed by atoms with Crippen LogP contribution in [0.5, 0.6) is 0 Å². The zero-order valence-electron chi connectivity index (χ0n) is 15.6. The predicted octanol–water partition coefficient (Wildman–Crippen LogP) is 4.80. The van der Waals surface area contributed by atoms with Crippen LogP contribution in [0.1, 0.15) is 24.0 Å². The number of ether oxygens (including phenoxy) is 1. The monoisotopic (exact) mass is 370 g/mol. The zero-order valence-corrected chi connectivity index (χ0v) is 15.6. The Morgan fingerprint density at radius 3 is 2.18 bits per heavy atom. The molecule has 28 heavy (non-hydrogen) atoms. The maximum absolute atomic E-state index is 12.9. The highest BCUT2D eigenvalue weighted by molar-refractivity contribution is 6.02. The van der Waals surface area contributed by atoms with Crippen LogP contribution >= 0.6 is 0 Å². The van der Waals surface area contributed by atoms with Crippen LogP contribution in [0.2, 0.25) is 0 Å². The van der Waals surface area contributed by atoms with Crippen LogP contribution in [0.25, 0.3) is 0 Å². The van der Waals surface area contributed by atoms with E-state index in [2.05, 4.69) is 12.1 Å². The second-order valence-corrected chi connectivity index (χ2v) is 6.74. The first-order valence-corrected chi connectivity index (χ1v) is 9.49. The summed E-state index contributed by atoms with van der Waals surface area (Å²) in [5.74, 6) is -0.247. The minimum atomic E-state index is -0.432. The van der Waals surface area contributed by atoms with Crippen LogP contribution in [0.3, 0.4) is 0 Å². The molecule has 3 aromatic carbocycles. The van der Waals surface area contributed by atoms with E-state index in [4.69, 9.17) is 9.84 Å². The summed E-state index contributed by atoms with van der Waals surface area (Å²) in [5, 5.41) is 6.63. The average Bonchev–Trinajstić information content (AvgIpc) is 2.79. The Labute approximate surface area is 165 Å². The van der Waals surface area contributed by atoms with Crippen molar-refractivity contribution in [2.24, 2.45) is 5.10 Å². The number of hydrazone groups is 1. The minimum Gasteiger partial charge on any atom is -0.459 e. The second-order valence-electron chi connectivity index (χ2n) is 6.74. The molecule has 3 aromatic rings. The Balaban J connectivity index is 1.57. The third-order valence-electron chi connectivity index (χ3n) is 4.80. The van der Waals surface area contributed by atoms with Gasteiger partial charge in [0.05, 0.1) is 11.4 Å². The Morgan fingerprint density at radius 1 is 0.893 bits per heavy atom. The van der Waals surface area contributed by atoms with Gasteiger partial charge in [0.1, 0.15) is 6.61 Å². The number of esters is 1. The van der Waals surface area contributed by atoms with Crippen molar-refractivity contribution in [3.63, 3.8) is 0 Å². The quantitative estimate of drug-likeness (QED) is 0.606. The van der Waals surface area contributed by atoms with Gasteiger partial charge in [-0.05, 0) is 36.1 Å². The lowest BCUT2D eigenvalue weighted by molar-refractivity contribution is -0.146. The van der Waals surface area contributed by atoms with Crippen LogP contribution in [0, 0.1) is 0 Å². The highest BCUT2D eigenvalue weighted by Gasteiger charge is 2.32. The third kappa shape index (κ3) is 4.12. The van der Waals surface area contributed by atoms with Gasteiger partial charge in [0.15, 0.2) is 6.04 Å². The summed E-state index contributed by atoms with van der Waals surface area (Å²) in [6.45, 7) is 0.272. The van der Waals surface area contributed by atoms with Crippen molar-refractivity contribution in [1.29, 1.82) is 0 Å². The first kappa shape index (κ1) is 18.0. The molecule has 0 amide bonds. The summed E-state index contributed by atoms with van der Waals surface area (Å²) in [4.78, 5) is 12.9. The van der Waals surface area contributed by atoms with Gasteiger partial charge < -0.3 is 4.74 Å². The molecule has 0 saturated heterocycles. The molecule has 0 fully saturated rings. The first-order valence-electron chi connectivity index (χ1n) is 9.49. The van der Waals surface area contributed by atoms with Crippen LogP contribution < -0.4 is 5.01 Å². The fourth-order valence-electron chi connectivity index (χ4n) is 3.34. The Morgan fingerprint density at radius 2 is 1.50 bits per heavy atom. The van der Waals surface area contributed by atoms with Gasteiger partial charge in [-0.1, -0.05) is 78.9 Å². The largest absolute Gasteiger partial charge is 0.459 e. The molecule has 1 atom stereocenters. The van der Waals surface area contributed by atoms with Crippen molar-refractivity contribution in [2.45, 2.75) is 25.5 Å². The SMILES string of the molecule is O=C(OCc1ccccc1)C1CCC(c2ccccc2)=NN1c1ccccc1. The van der Waals surface area contributed by atoms with Crippen LogP contribution in [-0.4, -0.2) is 17.7 Å². The number of carbonyl (C=O) groups excluding carboxylic acids is 1. The maximum atomic E-state index is 12.9. The van der Waals surface area contributed by atoms with E-state index < -0.39 is 6.04 Å². The predicted molar refractivity (Wildman–Crippen MR) is 111 cm³/mol. The molecule has 0 aromatic heterocycles. The molecular formula is C24H22N2O2. The standard InChI is InChI=1S/C24H22N2O2/c27-24(28-18-19-10-4-1-5-11-19)23-17-16-22(20-12-6-2-7-13-20)25-26(23)21-14-8-3-9-15-21/h1-15,23H,16-18H2. The van der Waals surface area contributed by atoms with Crippen molar-refractivity contribution < 1.29 is 9.53 Å². The molecule has 0 spiro atoms. The maximum Gasteiger partial charge on any atom is 0.331 e. The van der Waals surface area contributed by atoms with Gasteiger partial charge in [-0.3, -0.25) is 5.01 Å². The van der Waals surface area contributed by atoms with Gasteiger partial charge in [0.2, 0.25) is 0 Å². The van der Waals surface area contributed by atoms with Crippen molar-refractivity contribution >= 4 is 17.4 Å². The molecule has 4 nitrogen and oxygen atoms in total. The van der Waals surface area contributed by atoms with Gasteiger partial charge in [-0.2, -0.15) is 5.10 Å². The fourth-order valence-corrected chi connectivity index (χ4v) is 3.34. The normalized spacial score (nSPS) is 16.4. The molecule has 0 aliphatic carbocycles. The van der Waals surface area contributed by atoms with E-state index >= 15 is 0 Å². The van der Waals surface area contributed by atoms with E-state index in [-0.39, 0.29) is 12.6 Å². The van der Waals surface area contributed by atoms with E-state index in [1.54, 1.807) is 5.01 Å². The number of benzene rings is 3. The lowest BCUT2D eigenvalue weighted by atomic mass is 10.00. The van der Waals surface area contributed by atoms with Gasteiger partial charge in [0.25, 0.3) is 0 Å².